The Balaban J connectivity index is 0.00000162. The molecule has 2 aromatic rings. The van der Waals surface area contributed by atoms with E-state index in [2.05, 4.69) is 13.8 Å². The van der Waals surface area contributed by atoms with Gasteiger partial charge in [-0.25, -0.2) is 0 Å². The van der Waals surface area contributed by atoms with Crippen LogP contribution in [0.4, 0.5) is 0 Å². The zero-order chi connectivity index (χ0) is 12.5. The molecule has 0 fully saturated rings. The molecule has 18 heavy (non-hydrogen) atoms. The molecule has 1 nitrogen and oxygen atoms in total. The molecule has 0 spiro atoms. The molecule has 0 aliphatic carbocycles. The van der Waals surface area contributed by atoms with Gasteiger partial charge in [0, 0.05) is 10.4 Å². The molecule has 0 N–H and O–H groups in total. The quantitative estimate of drug-likeness (QED) is 0.737. The van der Waals surface area contributed by atoms with Gasteiger partial charge in [-0.3, -0.25) is 0 Å². The maximum absolute atomic E-state index is 11.1. The zero-order valence-corrected chi connectivity index (χ0v) is 13.7. The van der Waals surface area contributed by atoms with Crippen LogP contribution < -0.4 is 34.7 Å². The number of hydrogen-bond donors (Lipinski definition) is 0. The number of rotatable bonds is 2. The van der Waals surface area contributed by atoms with Crippen LogP contribution in [-0.4, -0.2) is 0 Å². The van der Waals surface area contributed by atoms with Crippen molar-refractivity contribution < 1.29 is 34.7 Å². The van der Waals surface area contributed by atoms with Crippen LogP contribution in [0.2, 0.25) is 5.02 Å². The number of hydrogen-bond acceptors (Lipinski definition) is 1. The average molecular weight is 269 g/mol. The van der Waals surface area contributed by atoms with Gasteiger partial charge in [0.1, 0.15) is 0 Å². The molecule has 0 saturated carbocycles. The van der Waals surface area contributed by atoms with E-state index < -0.39 is 0 Å². The normalized spacial score (nSPS) is 10.8. The molecule has 2 aromatic carbocycles. The van der Waals surface area contributed by atoms with E-state index in [0.29, 0.717) is 0 Å². The van der Waals surface area contributed by atoms with Crippen LogP contribution in [0.25, 0.3) is 0 Å². The summed E-state index contributed by atoms with van der Waals surface area (Å²) in [5.74, 6) is 0.0423. The molecule has 0 radical (unpaired) electrons. The Labute approximate surface area is 135 Å². The van der Waals surface area contributed by atoms with Crippen LogP contribution in [0.3, 0.4) is 0 Å². The minimum absolute atomic E-state index is 0. The van der Waals surface area contributed by atoms with Gasteiger partial charge in [0.2, 0.25) is 0 Å². The second kappa shape index (κ2) is 6.12. The third-order valence-electron chi connectivity index (χ3n) is 3.14. The van der Waals surface area contributed by atoms with Crippen LogP contribution >= 0.6 is 11.6 Å². The van der Waals surface area contributed by atoms with Crippen LogP contribution in [-0.2, 0) is 5.41 Å². The molecule has 0 saturated heterocycles. The van der Waals surface area contributed by atoms with Gasteiger partial charge < -0.3 is 5.11 Å². The predicted octanol–water partition coefficient (Wildman–Crippen LogP) is 0.744. The summed E-state index contributed by atoms with van der Waals surface area (Å²) in [6.07, 6.45) is 0. The summed E-state index contributed by atoms with van der Waals surface area (Å²) in [5.41, 5.74) is 2.18. The Morgan fingerprint density at radius 3 is 1.67 bits per heavy atom. The van der Waals surface area contributed by atoms with E-state index in [-0.39, 0.29) is 40.7 Å². The van der Waals surface area contributed by atoms with Crippen molar-refractivity contribution in [2.75, 3.05) is 0 Å². The first kappa shape index (κ1) is 15.6. The minimum atomic E-state index is -0.127. The van der Waals surface area contributed by atoms with E-state index in [1.165, 1.54) is 5.56 Å². The summed E-state index contributed by atoms with van der Waals surface area (Å²) in [7, 11) is 0. The van der Waals surface area contributed by atoms with Gasteiger partial charge in [-0.1, -0.05) is 61.8 Å². The van der Waals surface area contributed by atoms with Gasteiger partial charge in [-0.2, -0.15) is 0 Å². The summed E-state index contributed by atoms with van der Waals surface area (Å²) in [6, 6.07) is 14.8. The number of benzene rings is 2. The smallest absolute Gasteiger partial charge is 0.872 e. The third-order valence-corrected chi connectivity index (χ3v) is 3.39. The van der Waals surface area contributed by atoms with Crippen molar-refractivity contribution in [1.82, 2.24) is 0 Å². The Morgan fingerprint density at radius 2 is 1.22 bits per heavy atom. The van der Waals surface area contributed by atoms with Crippen molar-refractivity contribution in [2.24, 2.45) is 0 Å². The summed E-state index contributed by atoms with van der Waals surface area (Å²) >= 11 is 5.89. The molecular formula is C15H14ClNaO. The second-order valence-electron chi connectivity index (χ2n) is 4.66. The molecule has 88 valence electrons. The summed E-state index contributed by atoms with van der Waals surface area (Å²) < 4.78 is 0. The van der Waals surface area contributed by atoms with E-state index >= 15 is 0 Å². The van der Waals surface area contributed by atoms with Crippen molar-refractivity contribution >= 4 is 11.6 Å². The van der Waals surface area contributed by atoms with Crippen molar-refractivity contribution in [3.8, 4) is 5.75 Å². The van der Waals surface area contributed by atoms with Crippen LogP contribution in [0, 0.1) is 0 Å². The van der Waals surface area contributed by atoms with Gasteiger partial charge in [-0.05, 0) is 23.3 Å². The Bertz CT molecular complexity index is 456. The standard InChI is InChI=1S/C15H15ClO.Na/c1-15(2,11-3-7-13(16)8-4-11)12-5-9-14(17)10-6-12;/h3-10,17H,1-2H3;/q;+1/p-1. The van der Waals surface area contributed by atoms with Crippen molar-refractivity contribution in [3.05, 3.63) is 64.7 Å². The summed E-state index contributed by atoms with van der Waals surface area (Å²) in [5, 5.41) is 11.8. The molecule has 0 aliphatic rings. The van der Waals surface area contributed by atoms with Crippen LogP contribution in [0.1, 0.15) is 25.0 Å². The third kappa shape index (κ3) is 3.30. The van der Waals surface area contributed by atoms with Crippen molar-refractivity contribution in [3.63, 3.8) is 0 Å². The fourth-order valence-electron chi connectivity index (χ4n) is 1.90. The molecule has 0 amide bonds. The monoisotopic (exact) mass is 268 g/mol. The number of halogens is 1. The van der Waals surface area contributed by atoms with Gasteiger partial charge in [0.25, 0.3) is 0 Å². The second-order valence-corrected chi connectivity index (χ2v) is 5.09. The maximum atomic E-state index is 11.1. The first-order valence-electron chi connectivity index (χ1n) is 5.54. The maximum Gasteiger partial charge on any atom is 1.00 e. The summed E-state index contributed by atoms with van der Waals surface area (Å²) in [6.45, 7) is 4.27. The van der Waals surface area contributed by atoms with Gasteiger partial charge in [0.15, 0.2) is 0 Å². The van der Waals surface area contributed by atoms with E-state index in [9.17, 15) is 5.11 Å². The van der Waals surface area contributed by atoms with E-state index in [1.807, 2.05) is 36.4 Å². The minimum Gasteiger partial charge on any atom is -0.872 e. The molecule has 0 aliphatic heterocycles. The fourth-order valence-corrected chi connectivity index (χ4v) is 2.03. The predicted molar refractivity (Wildman–Crippen MR) is 69.5 cm³/mol. The Morgan fingerprint density at radius 1 is 0.833 bits per heavy atom. The van der Waals surface area contributed by atoms with E-state index in [1.54, 1.807) is 12.1 Å². The average Bonchev–Trinajstić information content (AvgIpc) is 2.30. The first-order chi connectivity index (χ1) is 8.00. The van der Waals surface area contributed by atoms with Gasteiger partial charge in [0.05, 0.1) is 0 Å². The molecular weight excluding hydrogens is 255 g/mol. The molecule has 2 rings (SSSR count). The molecule has 0 heterocycles. The largest absolute Gasteiger partial charge is 1.00 e. The first-order valence-corrected chi connectivity index (χ1v) is 5.91. The van der Waals surface area contributed by atoms with Crippen molar-refractivity contribution in [2.45, 2.75) is 19.3 Å². The molecule has 0 bridgehead atoms. The van der Waals surface area contributed by atoms with Crippen LogP contribution in [0.5, 0.6) is 5.75 Å². The molecule has 0 unspecified atom stereocenters. The van der Waals surface area contributed by atoms with E-state index in [0.717, 1.165) is 10.6 Å². The SMILES string of the molecule is CC(C)(c1ccc([O-])cc1)c1ccc(Cl)cc1.[Na+]. The van der Waals surface area contributed by atoms with Gasteiger partial charge >= 0.3 is 29.6 Å². The molecule has 3 heteroatoms. The summed E-state index contributed by atoms with van der Waals surface area (Å²) in [4.78, 5) is 0. The van der Waals surface area contributed by atoms with Gasteiger partial charge in [-0.15, -0.1) is 5.75 Å². The topological polar surface area (TPSA) is 23.1 Å². The fraction of sp³-hybridized carbons (Fsp3) is 0.200. The molecule has 0 atom stereocenters. The molecule has 0 aromatic heterocycles. The zero-order valence-electron chi connectivity index (χ0n) is 10.9. The Kier molecular flexibility index (Phi) is 5.30. The van der Waals surface area contributed by atoms with E-state index in [4.69, 9.17) is 11.6 Å². The van der Waals surface area contributed by atoms with Crippen LogP contribution in [0.15, 0.2) is 48.5 Å². The van der Waals surface area contributed by atoms with Crippen molar-refractivity contribution in [1.29, 1.82) is 0 Å². The Hall–Kier alpha value is -0.470.